The SMILES string of the molecule is CCOC(=O)C(O)(CC)C1CCCC(C)(C)CC1. The highest BCUT2D eigenvalue weighted by Crippen LogP contribution is 2.41. The summed E-state index contributed by atoms with van der Waals surface area (Å²) in [6.07, 6.45) is 5.60. The van der Waals surface area contributed by atoms with E-state index in [9.17, 15) is 9.90 Å². The molecule has 0 bridgehead atoms. The molecule has 1 aliphatic carbocycles. The lowest BCUT2D eigenvalue weighted by Gasteiger charge is -2.33. The number of hydrogen-bond acceptors (Lipinski definition) is 3. The second-order valence-electron chi connectivity index (χ2n) is 6.29. The van der Waals surface area contributed by atoms with Gasteiger partial charge in [-0.3, -0.25) is 0 Å². The quantitative estimate of drug-likeness (QED) is 0.620. The van der Waals surface area contributed by atoms with E-state index in [4.69, 9.17) is 4.74 Å². The summed E-state index contributed by atoms with van der Waals surface area (Å²) in [7, 11) is 0. The molecule has 0 saturated heterocycles. The fourth-order valence-electron chi connectivity index (χ4n) is 2.99. The van der Waals surface area contributed by atoms with Crippen LogP contribution in [-0.2, 0) is 9.53 Å². The van der Waals surface area contributed by atoms with Crippen molar-refractivity contribution in [2.75, 3.05) is 6.61 Å². The van der Waals surface area contributed by atoms with Gasteiger partial charge in [0, 0.05) is 0 Å². The lowest BCUT2D eigenvalue weighted by atomic mass is 9.78. The van der Waals surface area contributed by atoms with Gasteiger partial charge in [-0.1, -0.05) is 27.2 Å². The Kier molecular flexibility index (Phi) is 5.20. The van der Waals surface area contributed by atoms with E-state index in [1.807, 2.05) is 6.92 Å². The number of carbonyl (C=O) groups is 1. The maximum Gasteiger partial charge on any atom is 0.338 e. The summed E-state index contributed by atoms with van der Waals surface area (Å²) in [6.45, 7) is 8.52. The molecule has 0 aromatic heterocycles. The van der Waals surface area contributed by atoms with Gasteiger partial charge in [0.05, 0.1) is 6.61 Å². The van der Waals surface area contributed by atoms with Crippen molar-refractivity contribution in [2.45, 2.75) is 71.8 Å². The third-order valence-electron chi connectivity index (χ3n) is 4.42. The van der Waals surface area contributed by atoms with Crippen LogP contribution in [0.5, 0.6) is 0 Å². The zero-order chi connectivity index (χ0) is 13.8. The first kappa shape index (κ1) is 15.5. The molecule has 2 atom stereocenters. The Balaban J connectivity index is 2.78. The molecule has 106 valence electrons. The number of aliphatic hydroxyl groups is 1. The molecule has 3 nitrogen and oxygen atoms in total. The van der Waals surface area contributed by atoms with E-state index >= 15 is 0 Å². The molecule has 0 aliphatic heterocycles. The first-order valence-electron chi connectivity index (χ1n) is 7.25. The summed E-state index contributed by atoms with van der Waals surface area (Å²) < 4.78 is 5.05. The Bertz CT molecular complexity index is 285. The van der Waals surface area contributed by atoms with Crippen molar-refractivity contribution in [2.24, 2.45) is 11.3 Å². The largest absolute Gasteiger partial charge is 0.464 e. The second kappa shape index (κ2) is 6.05. The van der Waals surface area contributed by atoms with Gasteiger partial charge < -0.3 is 9.84 Å². The molecule has 3 heteroatoms. The summed E-state index contributed by atoms with van der Waals surface area (Å²) in [5.41, 5.74) is -0.950. The van der Waals surface area contributed by atoms with Gasteiger partial charge in [0.1, 0.15) is 0 Å². The summed E-state index contributed by atoms with van der Waals surface area (Å²) in [6, 6.07) is 0. The highest BCUT2D eigenvalue weighted by molar-refractivity contribution is 5.79. The molecule has 18 heavy (non-hydrogen) atoms. The van der Waals surface area contributed by atoms with Crippen molar-refractivity contribution in [1.29, 1.82) is 0 Å². The average Bonchev–Trinajstić information content (AvgIpc) is 2.49. The molecule has 1 saturated carbocycles. The molecule has 0 amide bonds. The number of ether oxygens (including phenoxy) is 1. The standard InChI is InChI=1S/C15H28O3/c1-5-15(17,13(16)18-6-2)12-8-7-10-14(3,4)11-9-12/h12,17H,5-11H2,1-4H3. The van der Waals surface area contributed by atoms with Crippen LogP contribution in [0.3, 0.4) is 0 Å². The van der Waals surface area contributed by atoms with Crippen molar-refractivity contribution >= 4 is 5.97 Å². The molecule has 1 fully saturated rings. The van der Waals surface area contributed by atoms with E-state index in [-0.39, 0.29) is 5.92 Å². The van der Waals surface area contributed by atoms with Gasteiger partial charge in [-0.2, -0.15) is 0 Å². The van der Waals surface area contributed by atoms with E-state index in [2.05, 4.69) is 13.8 Å². The minimum absolute atomic E-state index is 0.0447. The Morgan fingerprint density at radius 2 is 2.00 bits per heavy atom. The Morgan fingerprint density at radius 1 is 1.33 bits per heavy atom. The van der Waals surface area contributed by atoms with E-state index in [0.29, 0.717) is 18.4 Å². The lowest BCUT2D eigenvalue weighted by molar-refractivity contribution is -0.172. The molecule has 1 N–H and O–H groups in total. The van der Waals surface area contributed by atoms with Crippen molar-refractivity contribution in [3.63, 3.8) is 0 Å². The molecule has 0 radical (unpaired) electrons. The van der Waals surface area contributed by atoms with Crippen LogP contribution in [0.1, 0.15) is 66.2 Å². The number of esters is 1. The predicted molar refractivity (Wildman–Crippen MR) is 72.2 cm³/mol. The lowest BCUT2D eigenvalue weighted by Crippen LogP contribution is -2.46. The molecule has 1 rings (SSSR count). The number of hydrogen-bond donors (Lipinski definition) is 1. The van der Waals surface area contributed by atoms with Crippen LogP contribution >= 0.6 is 0 Å². The molecule has 2 unspecified atom stereocenters. The van der Waals surface area contributed by atoms with Gasteiger partial charge >= 0.3 is 5.97 Å². The normalized spacial score (nSPS) is 27.1. The fourth-order valence-corrected chi connectivity index (χ4v) is 2.99. The molecule has 0 aromatic carbocycles. The van der Waals surface area contributed by atoms with Crippen LogP contribution in [-0.4, -0.2) is 23.3 Å². The maximum absolute atomic E-state index is 12.0. The predicted octanol–water partition coefficient (Wildman–Crippen LogP) is 3.30. The molecular formula is C15H28O3. The number of carbonyl (C=O) groups excluding carboxylic acids is 1. The first-order chi connectivity index (χ1) is 8.35. The van der Waals surface area contributed by atoms with Crippen LogP contribution in [0.2, 0.25) is 0 Å². The van der Waals surface area contributed by atoms with E-state index in [1.165, 1.54) is 6.42 Å². The Labute approximate surface area is 111 Å². The van der Waals surface area contributed by atoms with Crippen LogP contribution in [0.4, 0.5) is 0 Å². The monoisotopic (exact) mass is 256 g/mol. The maximum atomic E-state index is 12.0. The molecule has 0 spiro atoms. The van der Waals surface area contributed by atoms with Gasteiger partial charge in [-0.15, -0.1) is 0 Å². The Hall–Kier alpha value is -0.570. The van der Waals surface area contributed by atoms with Crippen molar-refractivity contribution < 1.29 is 14.6 Å². The fraction of sp³-hybridized carbons (Fsp3) is 0.933. The summed E-state index contributed by atoms with van der Waals surface area (Å²) in [4.78, 5) is 12.0. The van der Waals surface area contributed by atoms with Crippen molar-refractivity contribution in [3.05, 3.63) is 0 Å². The van der Waals surface area contributed by atoms with E-state index < -0.39 is 11.6 Å². The van der Waals surface area contributed by atoms with Gasteiger partial charge in [-0.25, -0.2) is 4.79 Å². The zero-order valence-corrected chi connectivity index (χ0v) is 12.3. The van der Waals surface area contributed by atoms with Crippen LogP contribution < -0.4 is 0 Å². The molecule has 0 heterocycles. The minimum atomic E-state index is -1.28. The molecule has 0 aromatic rings. The molecule has 1 aliphatic rings. The number of rotatable bonds is 4. The summed E-state index contributed by atoms with van der Waals surface area (Å²) in [5.74, 6) is -0.388. The average molecular weight is 256 g/mol. The summed E-state index contributed by atoms with van der Waals surface area (Å²) >= 11 is 0. The van der Waals surface area contributed by atoms with Crippen LogP contribution in [0.25, 0.3) is 0 Å². The second-order valence-corrected chi connectivity index (χ2v) is 6.29. The third kappa shape index (κ3) is 3.47. The minimum Gasteiger partial charge on any atom is -0.464 e. The zero-order valence-electron chi connectivity index (χ0n) is 12.3. The topological polar surface area (TPSA) is 46.5 Å². The summed E-state index contributed by atoms with van der Waals surface area (Å²) in [5, 5.41) is 10.7. The first-order valence-corrected chi connectivity index (χ1v) is 7.25. The van der Waals surface area contributed by atoms with Gasteiger partial charge in [0.2, 0.25) is 0 Å². The van der Waals surface area contributed by atoms with Crippen LogP contribution in [0, 0.1) is 11.3 Å². The van der Waals surface area contributed by atoms with E-state index in [0.717, 1.165) is 25.7 Å². The highest BCUT2D eigenvalue weighted by atomic mass is 16.5. The van der Waals surface area contributed by atoms with Crippen molar-refractivity contribution in [3.8, 4) is 0 Å². The van der Waals surface area contributed by atoms with Gasteiger partial charge in [0.25, 0.3) is 0 Å². The van der Waals surface area contributed by atoms with E-state index in [1.54, 1.807) is 6.92 Å². The van der Waals surface area contributed by atoms with Crippen LogP contribution in [0.15, 0.2) is 0 Å². The van der Waals surface area contributed by atoms with Crippen molar-refractivity contribution in [1.82, 2.24) is 0 Å². The Morgan fingerprint density at radius 3 is 2.56 bits per heavy atom. The molecular weight excluding hydrogens is 228 g/mol. The van der Waals surface area contributed by atoms with Gasteiger partial charge in [-0.05, 0) is 50.4 Å². The smallest absolute Gasteiger partial charge is 0.338 e. The highest BCUT2D eigenvalue weighted by Gasteiger charge is 2.44. The van der Waals surface area contributed by atoms with Gasteiger partial charge in [0.15, 0.2) is 5.60 Å². The third-order valence-corrected chi connectivity index (χ3v) is 4.42.